The zero-order chi connectivity index (χ0) is 8.32. The van der Waals surface area contributed by atoms with Gasteiger partial charge in [0.05, 0.1) is 5.69 Å². The van der Waals surface area contributed by atoms with E-state index >= 15 is 0 Å². The molecule has 1 aromatic heterocycles. The first-order chi connectivity index (χ1) is 5.17. The first kappa shape index (κ1) is 11.0. The molecule has 0 aliphatic rings. The number of pyridine rings is 1. The Kier molecular flexibility index (Phi) is 3.81. The van der Waals surface area contributed by atoms with Crippen molar-refractivity contribution in [2.24, 2.45) is 0 Å². The number of nitrogens with zero attached hydrogens (tertiary/aromatic N) is 1. The molecule has 0 spiro atoms. The Labute approximate surface area is 79.1 Å². The Morgan fingerprint density at radius 2 is 2.25 bits per heavy atom. The quantitative estimate of drug-likeness (QED) is 0.657. The summed E-state index contributed by atoms with van der Waals surface area (Å²) >= 11 is 0. The average Bonchev–Trinajstić information content (AvgIpc) is 2.06. The van der Waals surface area contributed by atoms with E-state index in [2.05, 4.69) is 10.9 Å². The molecule has 0 aromatic carbocycles. The largest absolute Gasteiger partial charge is 0.372 e. The van der Waals surface area contributed by atoms with Gasteiger partial charge in [0, 0.05) is 6.20 Å². The van der Waals surface area contributed by atoms with Gasteiger partial charge in [-0.2, -0.15) is 13.5 Å². The van der Waals surface area contributed by atoms with Crippen molar-refractivity contribution in [3.8, 4) is 12.3 Å². The summed E-state index contributed by atoms with van der Waals surface area (Å²) < 4.78 is 0. The van der Waals surface area contributed by atoms with Crippen LogP contribution in [0, 0.1) is 12.3 Å². The molecule has 0 bridgehead atoms. The third kappa shape index (κ3) is 2.26. The minimum atomic E-state index is -1.25. The molecule has 1 atom stereocenters. The molecule has 0 saturated heterocycles. The van der Waals surface area contributed by atoms with E-state index in [1.165, 1.54) is 6.92 Å². The van der Waals surface area contributed by atoms with Crippen LogP contribution in [-0.4, -0.2) is 10.1 Å². The summed E-state index contributed by atoms with van der Waals surface area (Å²) in [5.74, 6) is 2.25. The van der Waals surface area contributed by atoms with Crippen LogP contribution in [-0.2, 0) is 5.60 Å². The van der Waals surface area contributed by atoms with Gasteiger partial charge in [0.15, 0.2) is 5.60 Å². The number of hydrogen-bond donors (Lipinski definition) is 1. The van der Waals surface area contributed by atoms with Gasteiger partial charge in [-0.05, 0) is 19.1 Å². The standard InChI is InChI=1S/C9H9NO.H2S/c1-3-9(2,11)8-6-4-5-7-10-8;/h1,4-7,11H,2H3;1H2/t9-;/m0./s1. The summed E-state index contributed by atoms with van der Waals surface area (Å²) in [5.41, 5.74) is -0.746. The van der Waals surface area contributed by atoms with Crippen LogP contribution in [0.4, 0.5) is 0 Å². The second-order valence-electron chi connectivity index (χ2n) is 2.43. The number of aromatic nitrogens is 1. The second-order valence-corrected chi connectivity index (χ2v) is 2.43. The Morgan fingerprint density at radius 3 is 2.67 bits per heavy atom. The molecule has 64 valence electrons. The van der Waals surface area contributed by atoms with Crippen molar-refractivity contribution in [2.45, 2.75) is 12.5 Å². The van der Waals surface area contributed by atoms with E-state index in [9.17, 15) is 5.11 Å². The van der Waals surface area contributed by atoms with E-state index in [-0.39, 0.29) is 13.5 Å². The molecule has 1 heterocycles. The van der Waals surface area contributed by atoms with Crippen molar-refractivity contribution in [1.29, 1.82) is 0 Å². The van der Waals surface area contributed by atoms with Crippen molar-refractivity contribution in [1.82, 2.24) is 4.98 Å². The minimum Gasteiger partial charge on any atom is -0.372 e. The molecule has 0 saturated carbocycles. The van der Waals surface area contributed by atoms with Crippen molar-refractivity contribution >= 4 is 13.5 Å². The van der Waals surface area contributed by atoms with Crippen molar-refractivity contribution in [2.75, 3.05) is 0 Å². The first-order valence-corrected chi connectivity index (χ1v) is 3.28. The summed E-state index contributed by atoms with van der Waals surface area (Å²) in [6.07, 6.45) is 6.70. The summed E-state index contributed by atoms with van der Waals surface area (Å²) in [4.78, 5) is 3.93. The predicted molar refractivity (Wildman–Crippen MR) is 53.0 cm³/mol. The van der Waals surface area contributed by atoms with Crippen LogP contribution < -0.4 is 0 Å². The molecule has 1 rings (SSSR count). The summed E-state index contributed by atoms with van der Waals surface area (Å²) in [5, 5.41) is 9.50. The highest BCUT2D eigenvalue weighted by Crippen LogP contribution is 2.15. The zero-order valence-electron chi connectivity index (χ0n) is 6.78. The van der Waals surface area contributed by atoms with Crippen LogP contribution in [0.25, 0.3) is 0 Å². The van der Waals surface area contributed by atoms with E-state index in [0.717, 1.165) is 0 Å². The van der Waals surface area contributed by atoms with Gasteiger partial charge in [-0.1, -0.05) is 12.0 Å². The van der Waals surface area contributed by atoms with Crippen LogP contribution in [0.3, 0.4) is 0 Å². The number of hydrogen-bond acceptors (Lipinski definition) is 2. The fraction of sp³-hybridized carbons (Fsp3) is 0.222. The normalized spacial score (nSPS) is 13.8. The second kappa shape index (κ2) is 4.15. The molecule has 0 fully saturated rings. The van der Waals surface area contributed by atoms with Crippen molar-refractivity contribution < 1.29 is 5.11 Å². The number of aliphatic hydroxyl groups is 1. The number of terminal acetylenes is 1. The molecule has 0 unspecified atom stereocenters. The Bertz CT molecular complexity index is 276. The lowest BCUT2D eigenvalue weighted by molar-refractivity contribution is 0.117. The van der Waals surface area contributed by atoms with Crippen LogP contribution >= 0.6 is 13.5 Å². The Morgan fingerprint density at radius 1 is 1.58 bits per heavy atom. The summed E-state index contributed by atoms with van der Waals surface area (Å²) in [6.45, 7) is 1.54. The van der Waals surface area contributed by atoms with Gasteiger partial charge < -0.3 is 5.11 Å². The topological polar surface area (TPSA) is 33.1 Å². The molecule has 1 N–H and O–H groups in total. The third-order valence-electron chi connectivity index (χ3n) is 1.44. The molecular weight excluding hydrogens is 170 g/mol. The maximum atomic E-state index is 9.50. The maximum absolute atomic E-state index is 9.50. The first-order valence-electron chi connectivity index (χ1n) is 3.28. The van der Waals surface area contributed by atoms with Crippen LogP contribution in [0.15, 0.2) is 24.4 Å². The van der Waals surface area contributed by atoms with Gasteiger partial charge >= 0.3 is 0 Å². The predicted octanol–water partition coefficient (Wildman–Crippen LogP) is 1.04. The van der Waals surface area contributed by atoms with Gasteiger partial charge in [-0.25, -0.2) is 0 Å². The van der Waals surface area contributed by atoms with Crippen LogP contribution in [0.5, 0.6) is 0 Å². The lowest BCUT2D eigenvalue weighted by Gasteiger charge is -2.14. The van der Waals surface area contributed by atoms with E-state index in [1.54, 1.807) is 24.4 Å². The molecule has 0 aliphatic carbocycles. The summed E-state index contributed by atoms with van der Waals surface area (Å²) in [6, 6.07) is 5.25. The fourth-order valence-electron chi connectivity index (χ4n) is 0.725. The lowest BCUT2D eigenvalue weighted by Crippen LogP contribution is -2.19. The van der Waals surface area contributed by atoms with E-state index < -0.39 is 5.60 Å². The maximum Gasteiger partial charge on any atom is 0.164 e. The van der Waals surface area contributed by atoms with E-state index in [0.29, 0.717) is 5.69 Å². The smallest absolute Gasteiger partial charge is 0.164 e. The molecule has 2 nitrogen and oxygen atoms in total. The van der Waals surface area contributed by atoms with E-state index in [4.69, 9.17) is 6.42 Å². The highest BCUT2D eigenvalue weighted by atomic mass is 32.1. The Balaban J connectivity index is 0.00000121. The molecule has 0 amide bonds. The minimum absolute atomic E-state index is 0. The molecule has 12 heavy (non-hydrogen) atoms. The van der Waals surface area contributed by atoms with Crippen molar-refractivity contribution in [3.05, 3.63) is 30.1 Å². The zero-order valence-corrected chi connectivity index (χ0v) is 7.78. The highest BCUT2D eigenvalue weighted by molar-refractivity contribution is 7.59. The number of rotatable bonds is 1. The van der Waals surface area contributed by atoms with Gasteiger partial charge in [-0.15, -0.1) is 6.42 Å². The monoisotopic (exact) mass is 181 g/mol. The fourth-order valence-corrected chi connectivity index (χ4v) is 0.725. The Hall–Kier alpha value is -0.980. The van der Waals surface area contributed by atoms with Crippen LogP contribution in [0.1, 0.15) is 12.6 Å². The molecule has 0 radical (unpaired) electrons. The van der Waals surface area contributed by atoms with E-state index in [1.807, 2.05) is 0 Å². The van der Waals surface area contributed by atoms with Gasteiger partial charge in [0.2, 0.25) is 0 Å². The van der Waals surface area contributed by atoms with Crippen molar-refractivity contribution in [3.63, 3.8) is 0 Å². The van der Waals surface area contributed by atoms with Gasteiger partial charge in [-0.3, -0.25) is 4.98 Å². The molecule has 3 heteroatoms. The molecule has 0 aliphatic heterocycles. The lowest BCUT2D eigenvalue weighted by atomic mass is 10.0. The van der Waals surface area contributed by atoms with Gasteiger partial charge in [0.1, 0.15) is 0 Å². The van der Waals surface area contributed by atoms with Gasteiger partial charge in [0.25, 0.3) is 0 Å². The third-order valence-corrected chi connectivity index (χ3v) is 1.44. The molecular formula is C9H11NOS. The summed E-state index contributed by atoms with van der Waals surface area (Å²) in [7, 11) is 0. The SMILES string of the molecule is C#C[C@](C)(O)c1ccccn1.S. The highest BCUT2D eigenvalue weighted by Gasteiger charge is 2.19. The molecule has 1 aromatic rings. The average molecular weight is 181 g/mol. The van der Waals surface area contributed by atoms with Crippen LogP contribution in [0.2, 0.25) is 0 Å².